The second-order valence-electron chi connectivity index (χ2n) is 5.41. The zero-order valence-electron chi connectivity index (χ0n) is 11.9. The molecule has 0 amide bonds. The van der Waals surface area contributed by atoms with Crippen LogP contribution in [0.3, 0.4) is 0 Å². The highest BCUT2D eigenvalue weighted by Crippen LogP contribution is 2.33. The van der Waals surface area contributed by atoms with Gasteiger partial charge in [0.15, 0.2) is 11.6 Å². The Morgan fingerprint density at radius 1 is 1.27 bits per heavy atom. The standard InChI is InChI=1S/C14H17F5N2O/c1-22-7-13(14(17,18)19)21-5-9(12(20)6-21)8-2-3-10(15)11(16)4-8/h2-4,9,12-13H,5-7,20H2,1H3/t9-,12+,13?/m0/s1. The fourth-order valence-electron chi connectivity index (χ4n) is 2.78. The molecule has 0 aromatic heterocycles. The lowest BCUT2D eigenvalue weighted by molar-refractivity contribution is -0.192. The van der Waals surface area contributed by atoms with Gasteiger partial charge < -0.3 is 10.5 Å². The zero-order valence-corrected chi connectivity index (χ0v) is 11.9. The van der Waals surface area contributed by atoms with Crippen molar-refractivity contribution < 1.29 is 26.7 Å². The van der Waals surface area contributed by atoms with Gasteiger partial charge in [0.2, 0.25) is 0 Å². The number of likely N-dealkylation sites (tertiary alicyclic amines) is 1. The molecule has 0 spiro atoms. The van der Waals surface area contributed by atoms with Crippen LogP contribution in [0.15, 0.2) is 18.2 Å². The summed E-state index contributed by atoms with van der Waals surface area (Å²) in [7, 11) is 1.20. The van der Waals surface area contributed by atoms with Crippen LogP contribution in [0, 0.1) is 11.6 Å². The summed E-state index contributed by atoms with van der Waals surface area (Å²) < 4.78 is 70.1. The van der Waals surface area contributed by atoms with E-state index in [1.54, 1.807) is 0 Å². The molecule has 1 aliphatic rings. The van der Waals surface area contributed by atoms with Crippen LogP contribution < -0.4 is 5.73 Å². The summed E-state index contributed by atoms with van der Waals surface area (Å²) in [5, 5.41) is 0. The summed E-state index contributed by atoms with van der Waals surface area (Å²) in [6.07, 6.45) is -4.45. The molecule has 0 saturated carbocycles. The number of nitrogens with two attached hydrogens (primary N) is 1. The van der Waals surface area contributed by atoms with Crippen LogP contribution in [-0.2, 0) is 4.74 Å². The number of nitrogens with zero attached hydrogens (tertiary/aromatic N) is 1. The van der Waals surface area contributed by atoms with Crippen LogP contribution in [0.4, 0.5) is 22.0 Å². The number of hydrogen-bond acceptors (Lipinski definition) is 3. The van der Waals surface area contributed by atoms with Gasteiger partial charge >= 0.3 is 6.18 Å². The average molecular weight is 324 g/mol. The number of hydrogen-bond donors (Lipinski definition) is 1. The molecule has 8 heteroatoms. The monoisotopic (exact) mass is 324 g/mol. The first-order chi connectivity index (χ1) is 10.2. The van der Waals surface area contributed by atoms with Gasteiger partial charge in [-0.05, 0) is 17.7 Å². The normalized spacial score (nSPS) is 24.7. The van der Waals surface area contributed by atoms with Crippen molar-refractivity contribution in [2.45, 2.75) is 24.2 Å². The Balaban J connectivity index is 2.18. The molecule has 0 radical (unpaired) electrons. The Morgan fingerprint density at radius 2 is 1.95 bits per heavy atom. The SMILES string of the molecule is COCC(N1C[C@@H](N)[C@H](c2ccc(F)c(F)c2)C1)C(F)(F)F. The molecule has 1 heterocycles. The number of ether oxygens (including phenoxy) is 1. The number of benzene rings is 1. The van der Waals surface area contributed by atoms with E-state index in [1.165, 1.54) is 18.1 Å². The molecule has 22 heavy (non-hydrogen) atoms. The number of halogens is 5. The Kier molecular flexibility index (Phi) is 5.03. The van der Waals surface area contributed by atoms with Crippen LogP contribution in [0.2, 0.25) is 0 Å². The summed E-state index contributed by atoms with van der Waals surface area (Å²) in [5.74, 6) is -2.52. The summed E-state index contributed by atoms with van der Waals surface area (Å²) in [6.45, 7) is -0.475. The van der Waals surface area contributed by atoms with E-state index >= 15 is 0 Å². The summed E-state index contributed by atoms with van der Waals surface area (Å²) >= 11 is 0. The third kappa shape index (κ3) is 3.56. The minimum atomic E-state index is -4.45. The topological polar surface area (TPSA) is 38.5 Å². The summed E-state index contributed by atoms with van der Waals surface area (Å²) in [4.78, 5) is 1.18. The fraction of sp³-hybridized carbons (Fsp3) is 0.571. The van der Waals surface area contributed by atoms with Gasteiger partial charge in [0.25, 0.3) is 0 Å². The van der Waals surface area contributed by atoms with Gasteiger partial charge in [0.05, 0.1) is 6.61 Å². The predicted octanol–water partition coefficient (Wildman–Crippen LogP) is 2.27. The van der Waals surface area contributed by atoms with E-state index in [4.69, 9.17) is 5.73 Å². The molecule has 3 atom stereocenters. The maximum Gasteiger partial charge on any atom is 0.406 e. The van der Waals surface area contributed by atoms with E-state index in [9.17, 15) is 22.0 Å². The molecule has 1 fully saturated rings. The van der Waals surface area contributed by atoms with Crippen LogP contribution >= 0.6 is 0 Å². The van der Waals surface area contributed by atoms with Crippen molar-refractivity contribution in [1.82, 2.24) is 4.90 Å². The molecule has 2 N–H and O–H groups in total. The Morgan fingerprint density at radius 3 is 2.50 bits per heavy atom. The smallest absolute Gasteiger partial charge is 0.383 e. The first-order valence-corrected chi connectivity index (χ1v) is 6.74. The quantitative estimate of drug-likeness (QED) is 0.864. The Bertz CT molecular complexity index is 522. The molecule has 0 aliphatic carbocycles. The van der Waals surface area contributed by atoms with Crippen molar-refractivity contribution in [3.05, 3.63) is 35.4 Å². The van der Waals surface area contributed by atoms with E-state index in [1.807, 2.05) is 0 Å². The van der Waals surface area contributed by atoms with Gasteiger partial charge in [0, 0.05) is 32.2 Å². The van der Waals surface area contributed by atoms with E-state index < -0.39 is 42.4 Å². The fourth-order valence-corrected chi connectivity index (χ4v) is 2.78. The maximum absolute atomic E-state index is 13.3. The van der Waals surface area contributed by atoms with E-state index in [0.717, 1.165) is 12.1 Å². The van der Waals surface area contributed by atoms with E-state index in [0.29, 0.717) is 5.56 Å². The second kappa shape index (κ2) is 6.47. The first kappa shape index (κ1) is 17.1. The predicted molar refractivity (Wildman–Crippen MR) is 70.4 cm³/mol. The lowest BCUT2D eigenvalue weighted by atomic mass is 9.95. The summed E-state index contributed by atoms with van der Waals surface area (Å²) in [6, 6.07) is 0.940. The van der Waals surface area contributed by atoms with Gasteiger partial charge in [-0.2, -0.15) is 13.2 Å². The first-order valence-electron chi connectivity index (χ1n) is 6.74. The average Bonchev–Trinajstić information content (AvgIpc) is 2.79. The highest BCUT2D eigenvalue weighted by molar-refractivity contribution is 5.25. The third-order valence-corrected chi connectivity index (χ3v) is 3.91. The molecular formula is C14H17F5N2O. The van der Waals surface area contributed by atoms with Crippen molar-refractivity contribution in [3.63, 3.8) is 0 Å². The second-order valence-corrected chi connectivity index (χ2v) is 5.41. The van der Waals surface area contributed by atoms with Crippen molar-refractivity contribution >= 4 is 0 Å². The van der Waals surface area contributed by atoms with Crippen LogP contribution in [0.5, 0.6) is 0 Å². The molecule has 124 valence electrons. The lowest BCUT2D eigenvalue weighted by Crippen LogP contribution is -2.48. The molecule has 2 rings (SSSR count). The molecule has 3 nitrogen and oxygen atoms in total. The number of methoxy groups -OCH3 is 1. The van der Waals surface area contributed by atoms with Crippen LogP contribution in [0.25, 0.3) is 0 Å². The van der Waals surface area contributed by atoms with Gasteiger partial charge in [0.1, 0.15) is 6.04 Å². The molecule has 0 bridgehead atoms. The largest absolute Gasteiger partial charge is 0.406 e. The number of alkyl halides is 3. The van der Waals surface area contributed by atoms with Crippen LogP contribution in [-0.4, -0.2) is 50.0 Å². The maximum atomic E-state index is 13.3. The highest BCUT2D eigenvalue weighted by atomic mass is 19.4. The van der Waals surface area contributed by atoms with E-state index in [2.05, 4.69) is 4.74 Å². The molecule has 1 aromatic rings. The Hall–Kier alpha value is -1.25. The third-order valence-electron chi connectivity index (χ3n) is 3.91. The van der Waals surface area contributed by atoms with Crippen molar-refractivity contribution in [2.24, 2.45) is 5.73 Å². The van der Waals surface area contributed by atoms with Gasteiger partial charge in [-0.1, -0.05) is 6.07 Å². The summed E-state index contributed by atoms with van der Waals surface area (Å²) in [5.41, 5.74) is 6.30. The van der Waals surface area contributed by atoms with Crippen LogP contribution in [0.1, 0.15) is 11.5 Å². The molecule has 1 unspecified atom stereocenters. The van der Waals surface area contributed by atoms with Crippen molar-refractivity contribution in [3.8, 4) is 0 Å². The lowest BCUT2D eigenvalue weighted by Gasteiger charge is -2.29. The van der Waals surface area contributed by atoms with E-state index in [-0.39, 0.29) is 13.1 Å². The number of rotatable bonds is 4. The Labute approximate surface area is 124 Å². The van der Waals surface area contributed by atoms with Gasteiger partial charge in [-0.15, -0.1) is 0 Å². The van der Waals surface area contributed by atoms with Gasteiger partial charge in [-0.3, -0.25) is 4.90 Å². The van der Waals surface area contributed by atoms with Gasteiger partial charge in [-0.25, -0.2) is 8.78 Å². The molecule has 1 aliphatic heterocycles. The molecule has 1 saturated heterocycles. The highest BCUT2D eigenvalue weighted by Gasteiger charge is 2.47. The minimum Gasteiger partial charge on any atom is -0.383 e. The van der Waals surface area contributed by atoms with Crippen molar-refractivity contribution in [2.75, 3.05) is 26.8 Å². The molecule has 1 aromatic carbocycles. The minimum absolute atomic E-state index is 0.0111. The van der Waals surface area contributed by atoms with Crippen molar-refractivity contribution in [1.29, 1.82) is 0 Å². The zero-order chi connectivity index (χ0) is 16.5. The molecular weight excluding hydrogens is 307 g/mol.